The first kappa shape index (κ1) is 20.1. The van der Waals surface area contributed by atoms with Crippen LogP contribution in [-0.2, 0) is 20.8 Å². The zero-order valence-corrected chi connectivity index (χ0v) is 15.3. The third-order valence-electron chi connectivity index (χ3n) is 3.83. The zero-order valence-electron chi connectivity index (χ0n) is 15.3. The van der Waals surface area contributed by atoms with Crippen LogP contribution in [0.1, 0.15) is 19.4 Å². The second-order valence-electron chi connectivity index (χ2n) is 6.13. The second kappa shape index (κ2) is 9.47. The van der Waals surface area contributed by atoms with E-state index in [1.165, 1.54) is 30.9 Å². The summed E-state index contributed by atoms with van der Waals surface area (Å²) in [7, 11) is 0. The Kier molecular flexibility index (Phi) is 7.05. The van der Waals surface area contributed by atoms with Gasteiger partial charge in [-0.1, -0.05) is 18.2 Å². The van der Waals surface area contributed by atoms with E-state index >= 15 is 0 Å². The maximum atomic E-state index is 13.0. The number of hydrogen-bond donors (Lipinski definition) is 2. The molecule has 0 atom stereocenters. The van der Waals surface area contributed by atoms with Crippen molar-refractivity contribution in [1.29, 1.82) is 0 Å². The van der Waals surface area contributed by atoms with E-state index in [4.69, 9.17) is 0 Å². The summed E-state index contributed by atoms with van der Waals surface area (Å²) < 4.78 is 13.0. The van der Waals surface area contributed by atoms with Crippen molar-refractivity contribution in [2.24, 2.45) is 0 Å². The summed E-state index contributed by atoms with van der Waals surface area (Å²) in [5, 5.41) is 5.35. The highest BCUT2D eigenvalue weighted by Crippen LogP contribution is 2.15. The van der Waals surface area contributed by atoms with Crippen LogP contribution in [0, 0.1) is 5.82 Å². The molecule has 0 bridgehead atoms. The van der Waals surface area contributed by atoms with Gasteiger partial charge >= 0.3 is 0 Å². The van der Waals surface area contributed by atoms with Crippen LogP contribution in [0.4, 0.5) is 15.8 Å². The molecular weight excluding hydrogens is 349 g/mol. The zero-order chi connectivity index (χ0) is 19.8. The molecule has 0 aromatic heterocycles. The van der Waals surface area contributed by atoms with Gasteiger partial charge in [-0.25, -0.2) is 4.39 Å². The molecule has 0 aliphatic carbocycles. The minimum absolute atomic E-state index is 0.0963. The fourth-order valence-corrected chi connectivity index (χ4v) is 2.51. The first-order valence-corrected chi connectivity index (χ1v) is 8.51. The molecule has 0 unspecified atom stereocenters. The highest BCUT2D eigenvalue weighted by molar-refractivity contribution is 5.95. The van der Waals surface area contributed by atoms with Crippen molar-refractivity contribution in [3.63, 3.8) is 0 Å². The number of benzene rings is 2. The van der Waals surface area contributed by atoms with Crippen LogP contribution in [0.5, 0.6) is 0 Å². The normalized spacial score (nSPS) is 10.2. The molecule has 7 heteroatoms. The first-order chi connectivity index (χ1) is 12.8. The Bertz CT molecular complexity index is 821. The molecule has 0 spiro atoms. The molecule has 0 heterocycles. The summed E-state index contributed by atoms with van der Waals surface area (Å²) in [6.45, 7) is 3.05. The van der Waals surface area contributed by atoms with Gasteiger partial charge < -0.3 is 15.5 Å². The average molecular weight is 371 g/mol. The van der Waals surface area contributed by atoms with Gasteiger partial charge in [0.15, 0.2) is 0 Å². The number of amides is 3. The maximum Gasteiger partial charge on any atom is 0.243 e. The number of carbonyl (C=O) groups excluding carboxylic acids is 3. The molecule has 142 valence electrons. The van der Waals surface area contributed by atoms with Crippen molar-refractivity contribution in [3.05, 3.63) is 59.9 Å². The number of rotatable bonds is 7. The number of anilines is 2. The van der Waals surface area contributed by atoms with Crippen molar-refractivity contribution in [2.45, 2.75) is 20.3 Å². The number of hydrogen-bond acceptors (Lipinski definition) is 3. The largest absolute Gasteiger partial charge is 0.333 e. The van der Waals surface area contributed by atoms with Crippen molar-refractivity contribution < 1.29 is 18.8 Å². The van der Waals surface area contributed by atoms with Gasteiger partial charge in [0.1, 0.15) is 5.82 Å². The Morgan fingerprint density at radius 2 is 1.59 bits per heavy atom. The molecule has 27 heavy (non-hydrogen) atoms. The van der Waals surface area contributed by atoms with E-state index < -0.39 is 0 Å². The molecule has 0 fully saturated rings. The first-order valence-electron chi connectivity index (χ1n) is 8.51. The summed E-state index contributed by atoms with van der Waals surface area (Å²) in [5.41, 5.74) is 1.97. The van der Waals surface area contributed by atoms with E-state index in [0.29, 0.717) is 24.3 Å². The van der Waals surface area contributed by atoms with Gasteiger partial charge in [0.2, 0.25) is 17.7 Å². The topological polar surface area (TPSA) is 78.5 Å². The molecule has 0 radical (unpaired) electrons. The summed E-state index contributed by atoms with van der Waals surface area (Å²) in [5.74, 6) is -1.09. The fraction of sp³-hybridized carbons (Fsp3) is 0.250. The van der Waals surface area contributed by atoms with Crippen LogP contribution in [0.2, 0.25) is 0 Å². The van der Waals surface area contributed by atoms with Crippen LogP contribution in [0.3, 0.4) is 0 Å². The molecule has 2 rings (SSSR count). The monoisotopic (exact) mass is 371 g/mol. The lowest BCUT2D eigenvalue weighted by Gasteiger charge is -2.20. The van der Waals surface area contributed by atoms with Crippen LogP contribution >= 0.6 is 0 Å². The number of nitrogens with zero attached hydrogens (tertiary/aromatic N) is 1. The average Bonchev–Trinajstić information content (AvgIpc) is 2.59. The Balaban J connectivity index is 1.93. The van der Waals surface area contributed by atoms with Gasteiger partial charge in [0, 0.05) is 31.8 Å². The van der Waals surface area contributed by atoms with E-state index in [-0.39, 0.29) is 30.1 Å². The molecule has 0 aliphatic rings. The molecule has 0 saturated carbocycles. The molecule has 2 aromatic carbocycles. The third kappa shape index (κ3) is 6.89. The Morgan fingerprint density at radius 3 is 2.19 bits per heavy atom. The smallest absolute Gasteiger partial charge is 0.243 e. The minimum Gasteiger partial charge on any atom is -0.333 e. The van der Waals surface area contributed by atoms with Crippen molar-refractivity contribution in [2.75, 3.05) is 23.7 Å². The third-order valence-corrected chi connectivity index (χ3v) is 3.83. The molecule has 6 nitrogen and oxygen atoms in total. The summed E-state index contributed by atoms with van der Waals surface area (Å²) in [4.78, 5) is 36.6. The highest BCUT2D eigenvalue weighted by Gasteiger charge is 2.14. The quantitative estimate of drug-likeness (QED) is 0.786. The van der Waals surface area contributed by atoms with Crippen molar-refractivity contribution >= 4 is 29.1 Å². The number of carbonyl (C=O) groups is 3. The molecular formula is C20H22FN3O3. The lowest BCUT2D eigenvalue weighted by molar-refractivity contribution is -0.132. The lowest BCUT2D eigenvalue weighted by atomic mass is 10.1. The van der Waals surface area contributed by atoms with Gasteiger partial charge in [-0.15, -0.1) is 0 Å². The van der Waals surface area contributed by atoms with E-state index in [9.17, 15) is 18.8 Å². The van der Waals surface area contributed by atoms with E-state index in [1.807, 2.05) is 0 Å². The highest BCUT2D eigenvalue weighted by atomic mass is 19.1. The molecule has 2 N–H and O–H groups in total. The van der Waals surface area contributed by atoms with E-state index in [1.54, 1.807) is 36.4 Å². The summed E-state index contributed by atoms with van der Waals surface area (Å²) in [6, 6.07) is 12.8. The van der Waals surface area contributed by atoms with Gasteiger partial charge in [0.25, 0.3) is 0 Å². The summed E-state index contributed by atoms with van der Waals surface area (Å²) in [6.07, 6.45) is 0.519. The van der Waals surface area contributed by atoms with E-state index in [2.05, 4.69) is 10.6 Å². The molecule has 0 aliphatic heterocycles. The van der Waals surface area contributed by atoms with Gasteiger partial charge in [-0.3, -0.25) is 14.4 Å². The number of halogens is 1. The van der Waals surface area contributed by atoms with Crippen molar-refractivity contribution in [3.8, 4) is 0 Å². The standard InChI is InChI=1S/C20H22FN3O3/c1-14(25)22-18-4-3-5-19(12-18)23-20(27)13-24(15(2)26)11-10-16-6-8-17(21)9-7-16/h3-9,12H,10-11,13H2,1-2H3,(H,22,25)(H,23,27). The van der Waals surface area contributed by atoms with Crippen molar-refractivity contribution in [1.82, 2.24) is 4.90 Å². The van der Waals surface area contributed by atoms with Crippen LogP contribution in [-0.4, -0.2) is 35.7 Å². The van der Waals surface area contributed by atoms with Crippen LogP contribution < -0.4 is 10.6 Å². The predicted octanol–water partition coefficient (Wildman–Crippen LogP) is 2.81. The Morgan fingerprint density at radius 1 is 0.963 bits per heavy atom. The van der Waals surface area contributed by atoms with Gasteiger partial charge in [-0.05, 0) is 42.3 Å². The maximum absolute atomic E-state index is 13.0. The fourth-order valence-electron chi connectivity index (χ4n) is 2.51. The SMILES string of the molecule is CC(=O)Nc1cccc(NC(=O)CN(CCc2ccc(F)cc2)C(C)=O)c1. The van der Waals surface area contributed by atoms with E-state index in [0.717, 1.165) is 5.56 Å². The lowest BCUT2D eigenvalue weighted by Crippen LogP contribution is -2.38. The van der Waals surface area contributed by atoms with Crippen LogP contribution in [0.15, 0.2) is 48.5 Å². The Labute approximate surface area is 157 Å². The van der Waals surface area contributed by atoms with Gasteiger partial charge in [0.05, 0.1) is 6.54 Å². The predicted molar refractivity (Wildman–Crippen MR) is 102 cm³/mol. The van der Waals surface area contributed by atoms with Crippen LogP contribution in [0.25, 0.3) is 0 Å². The second-order valence-corrected chi connectivity index (χ2v) is 6.13. The summed E-state index contributed by atoms with van der Waals surface area (Å²) >= 11 is 0. The molecule has 0 saturated heterocycles. The molecule has 2 aromatic rings. The van der Waals surface area contributed by atoms with Gasteiger partial charge in [-0.2, -0.15) is 0 Å². The number of nitrogens with one attached hydrogen (secondary N) is 2. The minimum atomic E-state index is -0.343. The Hall–Kier alpha value is -3.22. The molecule has 3 amide bonds.